The minimum absolute atomic E-state index is 0.00162. The first-order valence-corrected chi connectivity index (χ1v) is 12.9. The molecule has 37 heavy (non-hydrogen) atoms. The molecule has 0 bridgehead atoms. The number of halogens is 1. The number of allylic oxidation sites excluding steroid dienone is 1. The SMILES string of the molecule is C=C1C2C(CCc3c(F)cccc3-c3c(-c4ccccc4)ccc[n+]31)c1ccccc1-c1cccc[n+]12. The van der Waals surface area contributed by atoms with Crippen LogP contribution in [0.15, 0.2) is 122 Å². The molecule has 0 radical (unpaired) electrons. The van der Waals surface area contributed by atoms with Crippen LogP contribution in [0.5, 0.6) is 0 Å². The van der Waals surface area contributed by atoms with Gasteiger partial charge in [-0.1, -0.05) is 54.6 Å². The number of aromatic nitrogens is 2. The van der Waals surface area contributed by atoms with Gasteiger partial charge in [-0.2, -0.15) is 9.13 Å². The van der Waals surface area contributed by atoms with Crippen molar-refractivity contribution < 1.29 is 13.5 Å². The molecule has 4 heterocycles. The first kappa shape index (κ1) is 21.9. The van der Waals surface area contributed by atoms with Crippen LogP contribution in [0, 0.1) is 5.82 Å². The van der Waals surface area contributed by atoms with Crippen molar-refractivity contribution in [1.29, 1.82) is 0 Å². The monoisotopic (exact) mass is 482 g/mol. The van der Waals surface area contributed by atoms with E-state index in [-0.39, 0.29) is 17.8 Å². The summed E-state index contributed by atoms with van der Waals surface area (Å²) in [6.45, 7) is 4.73. The molecular formula is C34H27FN2+2. The highest BCUT2D eigenvalue weighted by Crippen LogP contribution is 2.45. The summed E-state index contributed by atoms with van der Waals surface area (Å²) in [4.78, 5) is 0. The molecule has 0 aliphatic carbocycles. The second kappa shape index (κ2) is 8.63. The topological polar surface area (TPSA) is 7.76 Å². The summed E-state index contributed by atoms with van der Waals surface area (Å²) in [5, 5.41) is 0. The van der Waals surface area contributed by atoms with E-state index in [1.54, 1.807) is 6.07 Å². The molecular weight excluding hydrogens is 455 g/mol. The van der Waals surface area contributed by atoms with Gasteiger partial charge in [-0.15, -0.1) is 0 Å². The van der Waals surface area contributed by atoms with E-state index in [0.717, 1.165) is 40.1 Å². The van der Waals surface area contributed by atoms with Crippen LogP contribution in [0.4, 0.5) is 4.39 Å². The maximum Gasteiger partial charge on any atom is 0.249 e. The Morgan fingerprint density at radius 3 is 2.35 bits per heavy atom. The number of fused-ring (bicyclic) bond motifs is 9. The van der Waals surface area contributed by atoms with Crippen molar-refractivity contribution in [3.63, 3.8) is 0 Å². The van der Waals surface area contributed by atoms with Crippen LogP contribution in [0.1, 0.15) is 29.5 Å². The summed E-state index contributed by atoms with van der Waals surface area (Å²) in [6.07, 6.45) is 5.73. The Hall–Kier alpha value is -4.37. The standard InChI is InChI=1S/C34H27FN2/c1-23-33-30(26-13-5-6-14-28(26)32-18-7-8-21-37(32)33)20-19-27-29(15-9-17-31(27)35)34-25(16-10-22-36(23)34)24-11-3-2-4-12-24/h2-18,21-22,30,33H,1,19-20H2/q+2. The van der Waals surface area contributed by atoms with Gasteiger partial charge in [0.25, 0.3) is 0 Å². The Balaban J connectivity index is 1.55. The molecule has 0 fully saturated rings. The second-order valence-electron chi connectivity index (χ2n) is 9.93. The fourth-order valence-corrected chi connectivity index (χ4v) is 6.40. The molecule has 2 aliphatic heterocycles. The predicted octanol–water partition coefficient (Wildman–Crippen LogP) is 7.16. The first-order valence-electron chi connectivity index (χ1n) is 12.9. The average Bonchev–Trinajstić information content (AvgIpc) is 3.01. The summed E-state index contributed by atoms with van der Waals surface area (Å²) in [7, 11) is 0. The predicted molar refractivity (Wildman–Crippen MR) is 145 cm³/mol. The molecule has 0 amide bonds. The molecule has 0 N–H and O–H groups in total. The first-order chi connectivity index (χ1) is 18.2. The average molecular weight is 483 g/mol. The van der Waals surface area contributed by atoms with Gasteiger partial charge in [-0.25, -0.2) is 4.39 Å². The van der Waals surface area contributed by atoms with E-state index in [9.17, 15) is 0 Å². The highest BCUT2D eigenvalue weighted by atomic mass is 19.1. The van der Waals surface area contributed by atoms with Crippen molar-refractivity contribution in [3.05, 3.63) is 139 Å². The third-order valence-electron chi connectivity index (χ3n) is 8.02. The number of nitrogens with zero attached hydrogens (tertiary/aromatic N) is 2. The molecule has 2 nitrogen and oxygen atoms in total. The number of hydrogen-bond donors (Lipinski definition) is 0. The van der Waals surface area contributed by atoms with Crippen molar-refractivity contribution in [2.24, 2.45) is 0 Å². The van der Waals surface area contributed by atoms with Gasteiger partial charge in [-0.3, -0.25) is 0 Å². The molecule has 7 rings (SSSR count). The van der Waals surface area contributed by atoms with Gasteiger partial charge < -0.3 is 0 Å². The maximum atomic E-state index is 15.6. The number of benzene rings is 3. The largest absolute Gasteiger partial charge is 0.249 e. The molecule has 2 aromatic heterocycles. The van der Waals surface area contributed by atoms with Gasteiger partial charge in [0.05, 0.1) is 17.0 Å². The maximum absolute atomic E-state index is 15.6. The zero-order valence-corrected chi connectivity index (χ0v) is 20.5. The lowest BCUT2D eigenvalue weighted by Gasteiger charge is -2.29. The van der Waals surface area contributed by atoms with Crippen molar-refractivity contribution in [3.8, 4) is 33.6 Å². The molecule has 2 unspecified atom stereocenters. The highest BCUT2D eigenvalue weighted by molar-refractivity contribution is 5.81. The van der Waals surface area contributed by atoms with E-state index >= 15 is 4.39 Å². The van der Waals surface area contributed by atoms with Crippen LogP contribution >= 0.6 is 0 Å². The van der Waals surface area contributed by atoms with Crippen LogP contribution in [0.3, 0.4) is 0 Å². The summed E-state index contributed by atoms with van der Waals surface area (Å²) in [6, 6.07) is 35.1. The molecule has 0 spiro atoms. The normalized spacial score (nSPS) is 17.7. The van der Waals surface area contributed by atoms with E-state index in [1.165, 1.54) is 16.8 Å². The van der Waals surface area contributed by atoms with E-state index < -0.39 is 0 Å². The van der Waals surface area contributed by atoms with E-state index in [4.69, 9.17) is 6.58 Å². The Morgan fingerprint density at radius 2 is 1.46 bits per heavy atom. The Bertz CT molecular complexity index is 1670. The van der Waals surface area contributed by atoms with Gasteiger partial charge in [-0.05, 0) is 60.9 Å². The zero-order valence-electron chi connectivity index (χ0n) is 20.5. The third-order valence-corrected chi connectivity index (χ3v) is 8.02. The van der Waals surface area contributed by atoms with Gasteiger partial charge in [0, 0.05) is 29.3 Å². The smallest absolute Gasteiger partial charge is 0.207 e. The Kier molecular flexibility index (Phi) is 5.10. The van der Waals surface area contributed by atoms with Gasteiger partial charge in [0.2, 0.25) is 23.1 Å². The summed E-state index contributed by atoms with van der Waals surface area (Å²) in [5.41, 5.74) is 9.60. The van der Waals surface area contributed by atoms with Crippen LogP contribution in [0.25, 0.3) is 39.3 Å². The van der Waals surface area contributed by atoms with Gasteiger partial charge in [0.1, 0.15) is 5.82 Å². The van der Waals surface area contributed by atoms with Crippen LogP contribution in [-0.2, 0) is 6.42 Å². The van der Waals surface area contributed by atoms with E-state index in [1.807, 2.05) is 12.1 Å². The molecule has 5 aromatic rings. The van der Waals surface area contributed by atoms with E-state index in [2.05, 4.69) is 106 Å². The zero-order chi connectivity index (χ0) is 24.9. The summed E-state index contributed by atoms with van der Waals surface area (Å²) >= 11 is 0. The Morgan fingerprint density at radius 1 is 0.703 bits per heavy atom. The lowest BCUT2D eigenvalue weighted by atomic mass is 9.78. The highest BCUT2D eigenvalue weighted by Gasteiger charge is 2.47. The molecule has 3 heteroatoms. The molecule has 2 atom stereocenters. The van der Waals surface area contributed by atoms with Crippen LogP contribution < -0.4 is 9.13 Å². The number of rotatable bonds is 1. The second-order valence-corrected chi connectivity index (χ2v) is 9.93. The molecule has 178 valence electrons. The minimum Gasteiger partial charge on any atom is -0.207 e. The Labute approximate surface area is 216 Å². The number of pyridine rings is 2. The molecule has 2 aliphatic rings. The van der Waals surface area contributed by atoms with Crippen molar-refractivity contribution >= 4 is 5.70 Å². The molecule has 0 saturated carbocycles. The summed E-state index contributed by atoms with van der Waals surface area (Å²) < 4.78 is 20.1. The third kappa shape index (κ3) is 3.38. The quantitative estimate of drug-likeness (QED) is 0.224. The fourth-order valence-electron chi connectivity index (χ4n) is 6.40. The van der Waals surface area contributed by atoms with Crippen LogP contribution in [0.2, 0.25) is 0 Å². The van der Waals surface area contributed by atoms with Crippen molar-refractivity contribution in [2.75, 3.05) is 0 Å². The lowest BCUT2D eigenvalue weighted by Crippen LogP contribution is -2.53. The van der Waals surface area contributed by atoms with Crippen LogP contribution in [-0.4, -0.2) is 0 Å². The summed E-state index contributed by atoms with van der Waals surface area (Å²) in [5.74, 6) is 0.0167. The van der Waals surface area contributed by atoms with Gasteiger partial charge >= 0.3 is 0 Å². The van der Waals surface area contributed by atoms with Crippen molar-refractivity contribution in [2.45, 2.75) is 24.8 Å². The minimum atomic E-state index is -0.145. The molecule has 3 aromatic carbocycles. The van der Waals surface area contributed by atoms with E-state index in [0.29, 0.717) is 6.42 Å². The van der Waals surface area contributed by atoms with Gasteiger partial charge in [0.15, 0.2) is 12.4 Å². The number of hydrogen-bond acceptors (Lipinski definition) is 0. The lowest BCUT2D eigenvalue weighted by molar-refractivity contribution is -0.727. The van der Waals surface area contributed by atoms with Crippen molar-refractivity contribution in [1.82, 2.24) is 0 Å². The molecule has 0 saturated heterocycles. The fraction of sp³-hybridized carbons (Fsp3) is 0.118.